The van der Waals surface area contributed by atoms with Crippen LogP contribution in [-0.4, -0.2) is 42.2 Å². The molecule has 2 aromatic rings. The molecule has 0 radical (unpaired) electrons. The lowest BCUT2D eigenvalue weighted by Gasteiger charge is -2.34. The largest absolute Gasteiger partial charge is 0.454 e. The Hall–Kier alpha value is -2.21. The Morgan fingerprint density at radius 2 is 2.04 bits per heavy atom. The molecule has 6 heteroatoms. The zero-order chi connectivity index (χ0) is 16.4. The molecule has 1 N–H and O–H groups in total. The number of rotatable bonds is 5. The molecule has 6 nitrogen and oxygen atoms in total. The van der Waals surface area contributed by atoms with E-state index in [1.54, 1.807) is 0 Å². The molecule has 3 heterocycles. The maximum Gasteiger partial charge on any atom is 0.231 e. The van der Waals surface area contributed by atoms with Crippen molar-refractivity contribution in [2.75, 3.05) is 31.3 Å². The van der Waals surface area contributed by atoms with Crippen molar-refractivity contribution in [2.45, 2.75) is 25.3 Å². The van der Waals surface area contributed by atoms with Crippen molar-refractivity contribution in [3.63, 3.8) is 0 Å². The topological polar surface area (TPSA) is 51.6 Å². The maximum absolute atomic E-state index is 5.48. The van der Waals surface area contributed by atoms with E-state index in [4.69, 9.17) is 9.47 Å². The zero-order valence-electron chi connectivity index (χ0n) is 14.1. The molecule has 0 bridgehead atoms. The lowest BCUT2D eigenvalue weighted by Crippen LogP contribution is -2.43. The maximum atomic E-state index is 5.48. The van der Waals surface area contributed by atoms with E-state index in [0.717, 1.165) is 37.6 Å². The first-order chi connectivity index (χ1) is 11.8. The molecule has 0 spiro atoms. The number of aryl methyl sites for hydroxylation is 1. The van der Waals surface area contributed by atoms with Crippen LogP contribution in [0.15, 0.2) is 30.6 Å². The van der Waals surface area contributed by atoms with Crippen molar-refractivity contribution in [3.8, 4) is 11.5 Å². The van der Waals surface area contributed by atoms with Crippen molar-refractivity contribution in [1.29, 1.82) is 0 Å². The molecule has 0 aliphatic carbocycles. The van der Waals surface area contributed by atoms with Gasteiger partial charge in [-0.25, -0.2) is 0 Å². The fraction of sp³-hybridized carbons (Fsp3) is 0.500. The van der Waals surface area contributed by atoms with Crippen LogP contribution in [0, 0.1) is 0 Å². The van der Waals surface area contributed by atoms with Crippen molar-refractivity contribution in [1.82, 2.24) is 15.1 Å². The Bertz CT molecular complexity index is 692. The summed E-state index contributed by atoms with van der Waals surface area (Å²) in [7, 11) is 1.96. The van der Waals surface area contributed by atoms with Crippen LogP contribution in [-0.2, 0) is 13.5 Å². The third kappa shape index (κ3) is 3.33. The summed E-state index contributed by atoms with van der Waals surface area (Å²) in [4.78, 5) is 2.43. The molecular formula is C18H24N4O2. The molecular weight excluding hydrogens is 304 g/mol. The van der Waals surface area contributed by atoms with Crippen LogP contribution >= 0.6 is 0 Å². The third-order valence-corrected chi connectivity index (χ3v) is 4.82. The van der Waals surface area contributed by atoms with Crippen LogP contribution in [0.4, 0.5) is 5.69 Å². The van der Waals surface area contributed by atoms with Gasteiger partial charge in [0.05, 0.1) is 6.20 Å². The summed E-state index contributed by atoms with van der Waals surface area (Å²) >= 11 is 0. The number of nitrogens with one attached hydrogen (secondary N) is 1. The first kappa shape index (κ1) is 15.3. The summed E-state index contributed by atoms with van der Waals surface area (Å²) in [5, 5.41) is 7.90. The minimum absolute atomic E-state index is 0.335. The average Bonchev–Trinajstić information content (AvgIpc) is 3.23. The van der Waals surface area contributed by atoms with E-state index in [1.807, 2.05) is 24.0 Å². The van der Waals surface area contributed by atoms with Gasteiger partial charge in [0.2, 0.25) is 6.79 Å². The molecule has 2 aliphatic heterocycles. The molecule has 0 unspecified atom stereocenters. The summed E-state index contributed by atoms with van der Waals surface area (Å²) in [6.07, 6.45) is 7.41. The van der Waals surface area contributed by atoms with E-state index in [1.165, 1.54) is 24.1 Å². The fourth-order valence-electron chi connectivity index (χ4n) is 3.45. The third-order valence-electron chi connectivity index (χ3n) is 4.82. The second kappa shape index (κ2) is 6.73. The van der Waals surface area contributed by atoms with Crippen LogP contribution in [0.25, 0.3) is 0 Å². The lowest BCUT2D eigenvalue weighted by atomic mass is 10.0. The van der Waals surface area contributed by atoms with E-state index in [9.17, 15) is 0 Å². The minimum Gasteiger partial charge on any atom is -0.454 e. The Kier molecular flexibility index (Phi) is 4.30. The van der Waals surface area contributed by atoms with Crippen LogP contribution in [0.3, 0.4) is 0 Å². The molecule has 1 saturated heterocycles. The summed E-state index contributed by atoms with van der Waals surface area (Å²) in [6, 6.07) is 6.84. The highest BCUT2D eigenvalue weighted by Crippen LogP contribution is 2.36. The molecule has 0 atom stereocenters. The Morgan fingerprint density at radius 3 is 2.83 bits per heavy atom. The summed E-state index contributed by atoms with van der Waals surface area (Å²) in [5.74, 6) is 1.72. The Labute approximate surface area is 142 Å². The molecule has 24 heavy (non-hydrogen) atoms. The number of benzene rings is 1. The first-order valence-corrected chi connectivity index (χ1v) is 8.63. The number of piperidine rings is 1. The van der Waals surface area contributed by atoms with Gasteiger partial charge in [0.15, 0.2) is 11.5 Å². The van der Waals surface area contributed by atoms with Crippen LogP contribution < -0.4 is 19.7 Å². The number of fused-ring (bicyclic) bond motifs is 1. The number of anilines is 1. The normalized spacial score (nSPS) is 17.5. The number of nitrogens with zero attached hydrogens (tertiary/aromatic N) is 3. The highest BCUT2D eigenvalue weighted by molar-refractivity contribution is 5.57. The van der Waals surface area contributed by atoms with Crippen molar-refractivity contribution < 1.29 is 9.47 Å². The van der Waals surface area contributed by atoms with Crippen LogP contribution in [0.1, 0.15) is 18.4 Å². The van der Waals surface area contributed by atoms with Crippen molar-refractivity contribution in [3.05, 3.63) is 36.2 Å². The molecule has 1 fully saturated rings. The molecule has 1 aromatic carbocycles. The zero-order valence-corrected chi connectivity index (χ0v) is 14.1. The van der Waals surface area contributed by atoms with Gasteiger partial charge in [-0.2, -0.15) is 5.10 Å². The van der Waals surface area contributed by atoms with Gasteiger partial charge in [0, 0.05) is 44.1 Å². The van der Waals surface area contributed by atoms with E-state index in [-0.39, 0.29) is 0 Å². The molecule has 128 valence electrons. The van der Waals surface area contributed by atoms with Gasteiger partial charge in [-0.3, -0.25) is 4.68 Å². The molecule has 0 saturated carbocycles. The van der Waals surface area contributed by atoms with Gasteiger partial charge in [-0.15, -0.1) is 0 Å². The smallest absolute Gasteiger partial charge is 0.231 e. The molecule has 4 rings (SSSR count). The quantitative estimate of drug-likeness (QED) is 0.909. The minimum atomic E-state index is 0.335. The van der Waals surface area contributed by atoms with Gasteiger partial charge in [0.1, 0.15) is 0 Å². The van der Waals surface area contributed by atoms with E-state index < -0.39 is 0 Å². The summed E-state index contributed by atoms with van der Waals surface area (Å²) in [5.41, 5.74) is 2.52. The SMILES string of the molecule is Cn1cc(CCNC2CCN(c3ccc4c(c3)OCO4)CC2)cn1. The highest BCUT2D eigenvalue weighted by Gasteiger charge is 2.21. The summed E-state index contributed by atoms with van der Waals surface area (Å²) < 4.78 is 12.7. The van der Waals surface area contributed by atoms with Crippen LogP contribution in [0.2, 0.25) is 0 Å². The monoisotopic (exact) mass is 328 g/mol. The van der Waals surface area contributed by atoms with Gasteiger partial charge in [0.25, 0.3) is 0 Å². The number of aromatic nitrogens is 2. The second-order valence-electron chi connectivity index (χ2n) is 6.53. The van der Waals surface area contributed by atoms with Crippen LogP contribution in [0.5, 0.6) is 11.5 Å². The second-order valence-corrected chi connectivity index (χ2v) is 6.53. The summed E-state index contributed by atoms with van der Waals surface area (Å²) in [6.45, 7) is 3.50. The molecule has 1 aromatic heterocycles. The number of hydrogen-bond acceptors (Lipinski definition) is 5. The standard InChI is InChI=1S/C18H24N4O2/c1-21-12-14(11-20-21)4-7-19-15-5-8-22(9-6-15)16-2-3-17-18(10-16)24-13-23-17/h2-3,10-12,15,19H,4-9,13H2,1H3. The van der Waals surface area contributed by atoms with Gasteiger partial charge in [-0.1, -0.05) is 0 Å². The first-order valence-electron chi connectivity index (χ1n) is 8.63. The van der Waals surface area contributed by atoms with Crippen molar-refractivity contribution in [2.24, 2.45) is 7.05 Å². The number of hydrogen-bond donors (Lipinski definition) is 1. The van der Waals surface area contributed by atoms with E-state index in [0.29, 0.717) is 12.8 Å². The molecule has 2 aliphatic rings. The van der Waals surface area contributed by atoms with E-state index in [2.05, 4.69) is 33.6 Å². The predicted octanol–water partition coefficient (Wildman–Crippen LogP) is 1.95. The average molecular weight is 328 g/mol. The number of ether oxygens (including phenoxy) is 2. The fourth-order valence-corrected chi connectivity index (χ4v) is 3.45. The molecule has 0 amide bonds. The highest BCUT2D eigenvalue weighted by atomic mass is 16.7. The van der Waals surface area contributed by atoms with Gasteiger partial charge < -0.3 is 19.7 Å². The Morgan fingerprint density at radius 1 is 1.21 bits per heavy atom. The van der Waals surface area contributed by atoms with Gasteiger partial charge >= 0.3 is 0 Å². The predicted molar refractivity (Wildman–Crippen MR) is 92.7 cm³/mol. The van der Waals surface area contributed by atoms with Crippen molar-refractivity contribution >= 4 is 5.69 Å². The lowest BCUT2D eigenvalue weighted by molar-refractivity contribution is 0.174. The Balaban J connectivity index is 1.24. The van der Waals surface area contributed by atoms with Gasteiger partial charge in [-0.05, 0) is 43.5 Å². The van der Waals surface area contributed by atoms with E-state index >= 15 is 0 Å².